The van der Waals surface area contributed by atoms with Crippen LogP contribution in [-0.4, -0.2) is 25.6 Å². The van der Waals surface area contributed by atoms with E-state index in [1.807, 2.05) is 22.9 Å². The highest BCUT2D eigenvalue weighted by Crippen LogP contribution is 2.23. The van der Waals surface area contributed by atoms with E-state index < -0.39 is 5.97 Å². The topological polar surface area (TPSA) is 68.0 Å². The van der Waals surface area contributed by atoms with Crippen LogP contribution in [-0.2, 0) is 13.0 Å². The summed E-state index contributed by atoms with van der Waals surface area (Å²) in [5.74, 6) is -0.0533. The number of benzene rings is 1. The maximum Gasteiger partial charge on any atom is 0.337 e. The molecule has 2 aromatic heterocycles. The molecule has 20 heavy (non-hydrogen) atoms. The molecule has 0 aliphatic carbocycles. The third-order valence-corrected chi connectivity index (χ3v) is 3.93. The van der Waals surface area contributed by atoms with Crippen LogP contribution in [0.5, 0.6) is 0 Å². The van der Waals surface area contributed by atoms with Gasteiger partial charge in [0.25, 0.3) is 0 Å². The second-order valence-corrected chi connectivity index (χ2v) is 5.35. The molecule has 0 unspecified atom stereocenters. The second kappa shape index (κ2) is 5.05. The number of rotatable bonds is 4. The van der Waals surface area contributed by atoms with Crippen molar-refractivity contribution in [3.63, 3.8) is 0 Å². The normalized spacial score (nSPS) is 11.1. The van der Waals surface area contributed by atoms with Crippen LogP contribution >= 0.6 is 11.3 Å². The number of carboxylic acid groups (broad SMARTS) is 1. The molecule has 0 bridgehead atoms. The number of hydrogen-bond donors (Lipinski definition) is 1. The van der Waals surface area contributed by atoms with Gasteiger partial charge in [-0.2, -0.15) is 0 Å². The quantitative estimate of drug-likeness (QED) is 0.801. The third-order valence-electron chi connectivity index (χ3n) is 3.17. The van der Waals surface area contributed by atoms with Crippen molar-refractivity contribution in [2.45, 2.75) is 19.9 Å². The number of aromatic carboxylic acids is 1. The molecule has 0 aliphatic heterocycles. The Morgan fingerprint density at radius 1 is 1.45 bits per heavy atom. The average Bonchev–Trinajstić information content (AvgIpc) is 3.06. The summed E-state index contributed by atoms with van der Waals surface area (Å²) in [7, 11) is 0. The fourth-order valence-electron chi connectivity index (χ4n) is 2.31. The van der Waals surface area contributed by atoms with Gasteiger partial charge >= 0.3 is 5.97 Å². The van der Waals surface area contributed by atoms with Gasteiger partial charge in [0.05, 0.1) is 23.1 Å². The molecule has 0 aliphatic rings. The van der Waals surface area contributed by atoms with E-state index in [2.05, 4.69) is 9.97 Å². The predicted octanol–water partition coefficient (Wildman–Crippen LogP) is 2.80. The molecule has 0 fully saturated rings. The molecule has 0 saturated carbocycles. The van der Waals surface area contributed by atoms with Crippen molar-refractivity contribution in [1.82, 2.24) is 14.5 Å². The lowest BCUT2D eigenvalue weighted by Gasteiger charge is -2.07. The lowest BCUT2D eigenvalue weighted by Crippen LogP contribution is -2.07. The fourth-order valence-corrected chi connectivity index (χ4v) is 2.92. The molecule has 0 radical (unpaired) electrons. The average molecular weight is 287 g/mol. The van der Waals surface area contributed by atoms with Crippen molar-refractivity contribution < 1.29 is 9.90 Å². The van der Waals surface area contributed by atoms with Crippen LogP contribution in [0.3, 0.4) is 0 Å². The van der Waals surface area contributed by atoms with Gasteiger partial charge in [0.1, 0.15) is 10.8 Å². The molecule has 0 spiro atoms. The van der Waals surface area contributed by atoms with E-state index in [1.54, 1.807) is 29.7 Å². The summed E-state index contributed by atoms with van der Waals surface area (Å²) in [5, 5.41) is 12.2. The van der Waals surface area contributed by atoms with E-state index in [9.17, 15) is 9.90 Å². The maximum absolute atomic E-state index is 11.4. The first-order valence-electron chi connectivity index (χ1n) is 6.30. The van der Waals surface area contributed by atoms with Crippen molar-refractivity contribution in [3.8, 4) is 0 Å². The van der Waals surface area contributed by atoms with Gasteiger partial charge in [-0.25, -0.2) is 14.8 Å². The molecule has 102 valence electrons. The molecule has 0 atom stereocenters. The zero-order valence-electron chi connectivity index (χ0n) is 10.9. The highest BCUT2D eigenvalue weighted by atomic mass is 32.1. The number of para-hydroxylation sites is 1. The molecule has 1 aromatic carbocycles. The standard InChI is InChI=1S/C14H13N3O2S/c1-2-11-16-10-5-3-4-9(14(18)19)13(10)17(11)8-12-15-6-7-20-12/h3-7H,2,8H2,1H3,(H,18,19). The zero-order valence-corrected chi connectivity index (χ0v) is 11.7. The molecular weight excluding hydrogens is 274 g/mol. The molecule has 2 heterocycles. The van der Waals surface area contributed by atoms with E-state index in [4.69, 9.17) is 0 Å². The van der Waals surface area contributed by atoms with Crippen molar-refractivity contribution in [3.05, 3.63) is 46.2 Å². The number of carboxylic acids is 1. The number of fused-ring (bicyclic) bond motifs is 1. The van der Waals surface area contributed by atoms with Crippen molar-refractivity contribution >= 4 is 28.3 Å². The molecular formula is C14H13N3O2S. The fraction of sp³-hybridized carbons (Fsp3) is 0.214. The molecule has 5 nitrogen and oxygen atoms in total. The van der Waals surface area contributed by atoms with Gasteiger partial charge in [0, 0.05) is 18.0 Å². The molecule has 6 heteroatoms. The van der Waals surface area contributed by atoms with E-state index in [-0.39, 0.29) is 5.56 Å². The van der Waals surface area contributed by atoms with Crippen LogP contribution in [0, 0.1) is 0 Å². The number of imidazole rings is 1. The monoisotopic (exact) mass is 287 g/mol. The molecule has 0 amide bonds. The van der Waals surface area contributed by atoms with E-state index in [0.29, 0.717) is 12.1 Å². The summed E-state index contributed by atoms with van der Waals surface area (Å²) in [4.78, 5) is 20.2. The van der Waals surface area contributed by atoms with E-state index >= 15 is 0 Å². The minimum Gasteiger partial charge on any atom is -0.478 e. The van der Waals surface area contributed by atoms with Crippen LogP contribution in [0.15, 0.2) is 29.8 Å². The lowest BCUT2D eigenvalue weighted by atomic mass is 10.2. The van der Waals surface area contributed by atoms with Gasteiger partial charge in [-0.15, -0.1) is 11.3 Å². The number of hydrogen-bond acceptors (Lipinski definition) is 4. The van der Waals surface area contributed by atoms with Gasteiger partial charge in [-0.3, -0.25) is 0 Å². The van der Waals surface area contributed by atoms with Gasteiger partial charge < -0.3 is 9.67 Å². The Kier molecular flexibility index (Phi) is 3.23. The summed E-state index contributed by atoms with van der Waals surface area (Å²) in [5.41, 5.74) is 1.68. The Balaban J connectivity index is 2.24. The Bertz CT molecular complexity index is 762. The maximum atomic E-state index is 11.4. The van der Waals surface area contributed by atoms with Crippen molar-refractivity contribution in [2.24, 2.45) is 0 Å². The van der Waals surface area contributed by atoms with Crippen LogP contribution in [0.4, 0.5) is 0 Å². The van der Waals surface area contributed by atoms with Crippen LogP contribution in [0.25, 0.3) is 11.0 Å². The van der Waals surface area contributed by atoms with Crippen LogP contribution < -0.4 is 0 Å². The van der Waals surface area contributed by atoms with Gasteiger partial charge in [0.15, 0.2) is 0 Å². The van der Waals surface area contributed by atoms with Crippen molar-refractivity contribution in [1.29, 1.82) is 0 Å². The van der Waals surface area contributed by atoms with Crippen LogP contribution in [0.2, 0.25) is 0 Å². The summed E-state index contributed by atoms with van der Waals surface area (Å²) >= 11 is 1.56. The summed E-state index contributed by atoms with van der Waals surface area (Å²) < 4.78 is 1.96. The van der Waals surface area contributed by atoms with E-state index in [0.717, 1.165) is 22.8 Å². The van der Waals surface area contributed by atoms with Gasteiger partial charge in [0.2, 0.25) is 0 Å². The number of carbonyl (C=O) groups is 1. The van der Waals surface area contributed by atoms with E-state index in [1.165, 1.54) is 0 Å². The van der Waals surface area contributed by atoms with Crippen molar-refractivity contribution in [2.75, 3.05) is 0 Å². The Hall–Kier alpha value is -2.21. The third kappa shape index (κ3) is 2.08. The molecule has 1 N–H and O–H groups in total. The highest BCUT2D eigenvalue weighted by molar-refractivity contribution is 7.09. The summed E-state index contributed by atoms with van der Waals surface area (Å²) in [6.07, 6.45) is 2.50. The number of thiazole rings is 1. The van der Waals surface area contributed by atoms with Crippen LogP contribution in [0.1, 0.15) is 28.1 Å². The minimum absolute atomic E-state index is 0.284. The smallest absolute Gasteiger partial charge is 0.337 e. The van der Waals surface area contributed by atoms with Gasteiger partial charge in [-0.05, 0) is 12.1 Å². The SMILES string of the molecule is CCc1nc2cccc(C(=O)O)c2n1Cc1nccs1. The first kappa shape index (κ1) is 12.8. The first-order valence-corrected chi connectivity index (χ1v) is 7.18. The Labute approximate surface area is 119 Å². The molecule has 0 saturated heterocycles. The van der Waals surface area contributed by atoms with Gasteiger partial charge in [-0.1, -0.05) is 13.0 Å². The first-order chi connectivity index (χ1) is 9.70. The predicted molar refractivity (Wildman–Crippen MR) is 77.3 cm³/mol. The highest BCUT2D eigenvalue weighted by Gasteiger charge is 2.17. The Morgan fingerprint density at radius 3 is 2.95 bits per heavy atom. The zero-order chi connectivity index (χ0) is 14.1. The summed E-state index contributed by atoms with van der Waals surface area (Å²) in [6, 6.07) is 5.19. The number of aryl methyl sites for hydroxylation is 1. The molecule has 3 rings (SSSR count). The number of aromatic nitrogens is 3. The largest absolute Gasteiger partial charge is 0.478 e. The second-order valence-electron chi connectivity index (χ2n) is 4.37. The lowest BCUT2D eigenvalue weighted by molar-refractivity contribution is 0.0698. The number of nitrogens with zero attached hydrogens (tertiary/aromatic N) is 3. The Morgan fingerprint density at radius 2 is 2.30 bits per heavy atom. The summed E-state index contributed by atoms with van der Waals surface area (Å²) in [6.45, 7) is 2.57. The minimum atomic E-state index is -0.932. The molecule has 3 aromatic rings.